The van der Waals surface area contributed by atoms with E-state index in [2.05, 4.69) is 15.3 Å². The lowest BCUT2D eigenvalue weighted by molar-refractivity contribution is 0.103. The number of carbonyl (C=O) groups is 1. The number of nitrogens with one attached hydrogen (secondary N) is 1. The van der Waals surface area contributed by atoms with E-state index in [1.165, 1.54) is 11.3 Å². The predicted molar refractivity (Wildman–Crippen MR) is 93.2 cm³/mol. The predicted octanol–water partition coefficient (Wildman–Crippen LogP) is 4.72. The molecule has 128 valence electrons. The summed E-state index contributed by atoms with van der Waals surface area (Å²) < 4.78 is 26.6. The second kappa shape index (κ2) is 5.84. The highest BCUT2D eigenvalue weighted by Crippen LogP contribution is 2.40. The van der Waals surface area contributed by atoms with E-state index in [1.54, 1.807) is 0 Å². The van der Waals surface area contributed by atoms with E-state index in [0.29, 0.717) is 10.8 Å². The van der Waals surface area contributed by atoms with Crippen LogP contribution >= 0.6 is 11.3 Å². The average Bonchev–Trinajstić information content (AvgIpc) is 3.30. The maximum absolute atomic E-state index is 13.3. The summed E-state index contributed by atoms with van der Waals surface area (Å²) in [4.78, 5) is 23.0. The molecule has 3 aromatic rings. The number of thiophene rings is 1. The van der Waals surface area contributed by atoms with E-state index in [0.717, 1.165) is 58.3 Å². The number of fused-ring (bicyclic) bond motifs is 1. The van der Waals surface area contributed by atoms with Crippen LogP contribution in [0, 0.1) is 25.5 Å². The third kappa shape index (κ3) is 3.00. The normalized spacial score (nSPS) is 14.1. The van der Waals surface area contributed by atoms with E-state index in [4.69, 9.17) is 0 Å². The van der Waals surface area contributed by atoms with Crippen LogP contribution in [-0.2, 0) is 0 Å². The molecule has 1 aromatic carbocycles. The molecule has 1 saturated carbocycles. The molecule has 25 heavy (non-hydrogen) atoms. The molecule has 1 amide bonds. The molecule has 4 nitrogen and oxygen atoms in total. The Bertz CT molecular complexity index is 991. The van der Waals surface area contributed by atoms with E-state index < -0.39 is 17.5 Å². The molecule has 0 bridgehead atoms. The zero-order chi connectivity index (χ0) is 17.7. The Balaban J connectivity index is 1.71. The summed E-state index contributed by atoms with van der Waals surface area (Å²) in [5.41, 5.74) is 1.73. The van der Waals surface area contributed by atoms with Gasteiger partial charge in [0.05, 0.1) is 10.6 Å². The van der Waals surface area contributed by atoms with Gasteiger partial charge in [0.25, 0.3) is 5.91 Å². The number of nitrogens with zero attached hydrogens (tertiary/aromatic N) is 2. The van der Waals surface area contributed by atoms with E-state index in [9.17, 15) is 13.6 Å². The minimum atomic E-state index is -0.737. The first-order chi connectivity index (χ1) is 11.9. The third-order valence-corrected chi connectivity index (χ3v) is 5.44. The highest BCUT2D eigenvalue weighted by molar-refractivity contribution is 7.20. The quantitative estimate of drug-likeness (QED) is 0.736. The fourth-order valence-electron chi connectivity index (χ4n) is 2.91. The van der Waals surface area contributed by atoms with Crippen molar-refractivity contribution >= 4 is 33.1 Å². The number of carbonyl (C=O) groups excluding carboxylic acids is 1. The third-order valence-electron chi connectivity index (χ3n) is 4.26. The van der Waals surface area contributed by atoms with E-state index in [-0.39, 0.29) is 5.69 Å². The molecule has 1 aliphatic carbocycles. The van der Waals surface area contributed by atoms with Crippen LogP contribution in [0.1, 0.15) is 45.5 Å². The second-order valence-corrected chi connectivity index (χ2v) is 7.29. The van der Waals surface area contributed by atoms with Crippen molar-refractivity contribution in [3.05, 3.63) is 51.8 Å². The number of aryl methyl sites for hydroxylation is 2. The minimum Gasteiger partial charge on any atom is -0.321 e. The van der Waals surface area contributed by atoms with Gasteiger partial charge in [-0.05, 0) is 44.4 Å². The Morgan fingerprint density at radius 3 is 2.48 bits per heavy atom. The lowest BCUT2D eigenvalue weighted by Gasteiger charge is -2.05. The first-order valence-electron chi connectivity index (χ1n) is 7.97. The van der Waals surface area contributed by atoms with Gasteiger partial charge in [-0.15, -0.1) is 11.3 Å². The average molecular weight is 359 g/mol. The van der Waals surface area contributed by atoms with Crippen molar-refractivity contribution in [2.24, 2.45) is 0 Å². The zero-order valence-electron chi connectivity index (χ0n) is 13.7. The van der Waals surface area contributed by atoms with Crippen molar-refractivity contribution in [3.8, 4) is 0 Å². The molecule has 0 aliphatic heterocycles. The molecule has 1 fully saturated rings. The number of hydrogen-bond acceptors (Lipinski definition) is 4. The largest absolute Gasteiger partial charge is 0.321 e. The van der Waals surface area contributed by atoms with Crippen molar-refractivity contribution in [2.75, 3.05) is 5.32 Å². The van der Waals surface area contributed by atoms with Crippen molar-refractivity contribution in [1.29, 1.82) is 0 Å². The van der Waals surface area contributed by atoms with Gasteiger partial charge in [-0.1, -0.05) is 0 Å². The summed E-state index contributed by atoms with van der Waals surface area (Å²) in [6.07, 6.45) is 2.21. The number of aromatic nitrogens is 2. The second-order valence-electron chi connectivity index (χ2n) is 6.29. The summed E-state index contributed by atoms with van der Waals surface area (Å²) in [6.45, 7) is 3.76. The van der Waals surface area contributed by atoms with Crippen molar-refractivity contribution < 1.29 is 13.6 Å². The minimum absolute atomic E-state index is 0.0841. The Kier molecular flexibility index (Phi) is 3.76. The highest BCUT2D eigenvalue weighted by atomic mass is 32.1. The Morgan fingerprint density at radius 1 is 1.16 bits per heavy atom. The monoisotopic (exact) mass is 359 g/mol. The van der Waals surface area contributed by atoms with Crippen LogP contribution in [0.25, 0.3) is 10.2 Å². The fraction of sp³-hybridized carbons (Fsp3) is 0.278. The molecular formula is C18H15F2N3OS. The van der Waals surface area contributed by atoms with Crippen LogP contribution in [0.15, 0.2) is 18.2 Å². The molecule has 2 heterocycles. The topological polar surface area (TPSA) is 54.9 Å². The van der Waals surface area contributed by atoms with E-state index >= 15 is 0 Å². The van der Waals surface area contributed by atoms with Gasteiger partial charge in [0.1, 0.15) is 22.3 Å². The Labute approximate surface area is 146 Å². The van der Waals surface area contributed by atoms with Crippen molar-refractivity contribution in [3.63, 3.8) is 0 Å². The SMILES string of the molecule is Cc1nc(C2CC2)nc2sc(C(=O)Nc3cc(F)cc(F)c3)c(C)c12. The van der Waals surface area contributed by atoms with E-state index in [1.807, 2.05) is 13.8 Å². The zero-order valence-corrected chi connectivity index (χ0v) is 14.5. The molecule has 0 atom stereocenters. The lowest BCUT2D eigenvalue weighted by atomic mass is 10.1. The number of halogens is 2. The molecule has 0 spiro atoms. The first kappa shape index (κ1) is 16.1. The molecule has 4 rings (SSSR count). The summed E-state index contributed by atoms with van der Waals surface area (Å²) in [5.74, 6) is -0.611. The summed E-state index contributed by atoms with van der Waals surface area (Å²) >= 11 is 1.28. The van der Waals surface area contributed by atoms with Gasteiger partial charge in [-0.3, -0.25) is 4.79 Å². The van der Waals surface area contributed by atoms with Gasteiger partial charge in [-0.25, -0.2) is 18.7 Å². The molecule has 7 heteroatoms. The number of amides is 1. The highest BCUT2D eigenvalue weighted by Gasteiger charge is 2.28. The fourth-order valence-corrected chi connectivity index (χ4v) is 4.05. The molecule has 0 radical (unpaired) electrons. The van der Waals surface area contributed by atoms with Crippen LogP contribution in [0.4, 0.5) is 14.5 Å². The van der Waals surface area contributed by atoms with Gasteiger partial charge in [0.2, 0.25) is 0 Å². The molecule has 0 saturated heterocycles. The molecule has 2 aromatic heterocycles. The van der Waals surface area contributed by atoms with Gasteiger partial charge in [0, 0.05) is 23.1 Å². The van der Waals surface area contributed by atoms with Crippen LogP contribution in [0.3, 0.4) is 0 Å². The van der Waals surface area contributed by atoms with Crippen molar-refractivity contribution in [2.45, 2.75) is 32.6 Å². The molecule has 0 unspecified atom stereocenters. The Morgan fingerprint density at radius 2 is 1.84 bits per heavy atom. The van der Waals surface area contributed by atoms with Gasteiger partial charge in [0.15, 0.2) is 0 Å². The molecule has 1 aliphatic rings. The molecular weight excluding hydrogens is 344 g/mol. The summed E-state index contributed by atoms with van der Waals surface area (Å²) in [7, 11) is 0. The van der Waals surface area contributed by atoms with Crippen LogP contribution in [0.5, 0.6) is 0 Å². The summed E-state index contributed by atoms with van der Waals surface area (Å²) in [5, 5.41) is 3.43. The standard InChI is InChI=1S/C18H15F2N3OS/c1-8-14-9(2)21-16(10-3-4-10)23-18(14)25-15(8)17(24)22-13-6-11(19)5-12(20)7-13/h5-7,10H,3-4H2,1-2H3,(H,22,24). The summed E-state index contributed by atoms with van der Waals surface area (Å²) in [6, 6.07) is 2.93. The van der Waals surface area contributed by atoms with Crippen LogP contribution in [0.2, 0.25) is 0 Å². The van der Waals surface area contributed by atoms with Gasteiger partial charge in [-0.2, -0.15) is 0 Å². The first-order valence-corrected chi connectivity index (χ1v) is 8.79. The maximum Gasteiger partial charge on any atom is 0.266 e. The number of rotatable bonds is 3. The Hall–Kier alpha value is -2.41. The number of anilines is 1. The number of benzene rings is 1. The van der Waals surface area contributed by atoms with Crippen LogP contribution < -0.4 is 5.32 Å². The molecule has 1 N–H and O–H groups in total. The van der Waals surface area contributed by atoms with Gasteiger partial charge >= 0.3 is 0 Å². The smallest absolute Gasteiger partial charge is 0.266 e. The number of hydrogen-bond donors (Lipinski definition) is 1. The van der Waals surface area contributed by atoms with Crippen molar-refractivity contribution in [1.82, 2.24) is 9.97 Å². The maximum atomic E-state index is 13.3. The lowest BCUT2D eigenvalue weighted by Crippen LogP contribution is -2.11. The van der Waals surface area contributed by atoms with Crippen LogP contribution in [-0.4, -0.2) is 15.9 Å². The van der Waals surface area contributed by atoms with Gasteiger partial charge < -0.3 is 5.32 Å².